The van der Waals surface area contributed by atoms with Crippen LogP contribution in [0.25, 0.3) is 22.3 Å². The quantitative estimate of drug-likeness (QED) is 0.560. The van der Waals surface area contributed by atoms with Crippen molar-refractivity contribution in [1.29, 1.82) is 0 Å². The highest BCUT2D eigenvalue weighted by Gasteiger charge is 2.41. The number of nitrogens with zero attached hydrogens (tertiary/aromatic N) is 3. The third kappa shape index (κ3) is 4.53. The van der Waals surface area contributed by atoms with E-state index in [0.717, 1.165) is 0 Å². The molecule has 0 aliphatic carbocycles. The van der Waals surface area contributed by atoms with E-state index in [4.69, 9.17) is 4.74 Å². The third-order valence-corrected chi connectivity index (χ3v) is 5.84. The van der Waals surface area contributed by atoms with Gasteiger partial charge in [-0.15, -0.1) is 0 Å². The molecule has 3 aromatic rings. The van der Waals surface area contributed by atoms with Crippen LogP contribution < -0.4 is 10.1 Å². The number of rotatable bonds is 7. The molecule has 8 nitrogen and oxygen atoms in total. The lowest BCUT2D eigenvalue weighted by molar-refractivity contribution is -0.0498. The van der Waals surface area contributed by atoms with E-state index in [1.54, 1.807) is 29.8 Å². The molecule has 33 heavy (non-hydrogen) atoms. The first-order chi connectivity index (χ1) is 15.7. The monoisotopic (exact) mass is 460 g/mol. The summed E-state index contributed by atoms with van der Waals surface area (Å²) >= 11 is 0. The lowest BCUT2D eigenvalue weighted by Crippen LogP contribution is -2.56. The smallest absolute Gasteiger partial charge is 0.387 e. The molecule has 2 aromatic heterocycles. The first-order valence-electron chi connectivity index (χ1n) is 10.7. The zero-order valence-corrected chi connectivity index (χ0v) is 18.6. The maximum atomic E-state index is 13.0. The fraction of sp³-hybridized carbons (Fsp3) is 0.435. The minimum atomic E-state index is -2.93. The lowest BCUT2D eigenvalue weighted by Gasteiger charge is -2.31. The van der Waals surface area contributed by atoms with Crippen LogP contribution in [0.2, 0.25) is 0 Å². The van der Waals surface area contributed by atoms with Gasteiger partial charge in [-0.25, -0.2) is 0 Å². The van der Waals surface area contributed by atoms with Gasteiger partial charge in [0.15, 0.2) is 0 Å². The number of carbonyl (C=O) groups excluding carboxylic acids is 1. The normalized spacial score (nSPS) is 19.4. The molecule has 0 bridgehead atoms. The molecular formula is C23H26F2N4O4. The molecule has 2 N–H and O–H groups in total. The van der Waals surface area contributed by atoms with Crippen LogP contribution in [0.3, 0.4) is 0 Å². The average molecular weight is 460 g/mol. The molecule has 1 saturated heterocycles. The zero-order valence-electron chi connectivity index (χ0n) is 18.6. The van der Waals surface area contributed by atoms with E-state index in [0.29, 0.717) is 40.9 Å². The Morgan fingerprint density at radius 3 is 2.73 bits per heavy atom. The summed E-state index contributed by atoms with van der Waals surface area (Å²) in [6.45, 7) is 3.27. The number of hydrogen-bond donors (Lipinski definition) is 2. The summed E-state index contributed by atoms with van der Waals surface area (Å²) in [5.41, 5.74) is 1.69. The van der Waals surface area contributed by atoms with Crippen molar-refractivity contribution in [2.24, 2.45) is 0 Å². The van der Waals surface area contributed by atoms with Gasteiger partial charge in [0, 0.05) is 24.4 Å². The molecule has 4 rings (SSSR count). The van der Waals surface area contributed by atoms with Crippen molar-refractivity contribution in [1.82, 2.24) is 20.1 Å². The van der Waals surface area contributed by atoms with Crippen LogP contribution in [0, 0.1) is 0 Å². The average Bonchev–Trinajstić information content (AvgIpc) is 3.38. The highest BCUT2D eigenvalue weighted by atomic mass is 19.3. The van der Waals surface area contributed by atoms with Crippen molar-refractivity contribution in [3.8, 4) is 17.0 Å². The number of fused-ring (bicyclic) bond motifs is 1. The first-order valence-corrected chi connectivity index (χ1v) is 10.7. The predicted molar refractivity (Wildman–Crippen MR) is 117 cm³/mol. The van der Waals surface area contributed by atoms with E-state index in [2.05, 4.69) is 20.1 Å². The molecule has 0 radical (unpaired) electrons. The standard InChI is InChI=1S/C23H26F2N4O4/c1-13(2)29-18-10-16(21(31)27-23(14(3)30)7-8-32-12-23)11-26-20(18)19(28-29)15-5-4-6-17(9-15)33-22(24)25/h4-6,9-11,13-14,22,30H,7-8,12H2,1-3H3,(H,27,31)/t14-,23+/m1/s1. The lowest BCUT2D eigenvalue weighted by atomic mass is 9.92. The molecule has 10 heteroatoms. The Hall–Kier alpha value is -3.11. The third-order valence-electron chi connectivity index (χ3n) is 5.84. The van der Waals surface area contributed by atoms with E-state index in [-0.39, 0.29) is 24.3 Å². The Morgan fingerprint density at radius 2 is 2.09 bits per heavy atom. The van der Waals surface area contributed by atoms with Crippen LogP contribution in [0.5, 0.6) is 5.75 Å². The summed E-state index contributed by atoms with van der Waals surface area (Å²) in [6, 6.07) is 7.91. The molecule has 3 heterocycles. The van der Waals surface area contributed by atoms with Crippen molar-refractivity contribution in [2.75, 3.05) is 13.2 Å². The predicted octanol–water partition coefficient (Wildman–Crippen LogP) is 3.55. The van der Waals surface area contributed by atoms with Crippen LogP contribution in [0.15, 0.2) is 36.5 Å². The minimum Gasteiger partial charge on any atom is -0.435 e. The van der Waals surface area contributed by atoms with Crippen LogP contribution in [-0.4, -0.2) is 57.2 Å². The molecule has 1 fully saturated rings. The number of aliphatic hydroxyl groups excluding tert-OH is 1. The molecule has 0 spiro atoms. The SMILES string of the molecule is CC(C)n1nc(-c2cccc(OC(F)F)c2)c2ncc(C(=O)N[C@@]3([C@@H](C)O)CCOC3)cc21. The first kappa shape index (κ1) is 23.1. The highest BCUT2D eigenvalue weighted by Crippen LogP contribution is 2.31. The number of nitrogens with one attached hydrogen (secondary N) is 1. The summed E-state index contributed by atoms with van der Waals surface area (Å²) in [4.78, 5) is 17.5. The number of carbonyl (C=O) groups is 1. The van der Waals surface area contributed by atoms with Gasteiger partial charge >= 0.3 is 6.61 Å². The Morgan fingerprint density at radius 1 is 1.30 bits per heavy atom. The number of aliphatic hydroxyl groups is 1. The van der Waals surface area contributed by atoms with Gasteiger partial charge in [-0.3, -0.25) is 14.5 Å². The number of halogens is 2. The van der Waals surface area contributed by atoms with E-state index in [1.807, 2.05) is 13.8 Å². The van der Waals surface area contributed by atoms with Crippen LogP contribution in [-0.2, 0) is 4.74 Å². The fourth-order valence-electron chi connectivity index (χ4n) is 3.96. The summed E-state index contributed by atoms with van der Waals surface area (Å²) < 4.78 is 36.9. The van der Waals surface area contributed by atoms with Crippen molar-refractivity contribution in [3.05, 3.63) is 42.1 Å². The molecule has 1 aromatic carbocycles. The molecular weight excluding hydrogens is 434 g/mol. The topological polar surface area (TPSA) is 98.5 Å². The maximum Gasteiger partial charge on any atom is 0.387 e. The Balaban J connectivity index is 1.73. The van der Waals surface area contributed by atoms with Crippen molar-refractivity contribution in [2.45, 2.75) is 51.5 Å². The molecule has 176 valence electrons. The van der Waals surface area contributed by atoms with Gasteiger partial charge in [0.25, 0.3) is 5.91 Å². The van der Waals surface area contributed by atoms with Gasteiger partial charge in [-0.05, 0) is 45.4 Å². The number of aromatic nitrogens is 3. The number of amides is 1. The number of benzene rings is 1. The molecule has 2 atom stereocenters. The minimum absolute atomic E-state index is 0.0212. The van der Waals surface area contributed by atoms with E-state index in [1.165, 1.54) is 18.3 Å². The molecule has 1 amide bonds. The van der Waals surface area contributed by atoms with Gasteiger partial charge < -0.3 is 19.9 Å². The summed E-state index contributed by atoms with van der Waals surface area (Å²) in [5.74, 6) is -0.353. The van der Waals surface area contributed by atoms with E-state index < -0.39 is 18.3 Å². The largest absolute Gasteiger partial charge is 0.435 e. The van der Waals surface area contributed by atoms with Crippen LogP contribution in [0.1, 0.15) is 43.6 Å². The molecule has 0 unspecified atom stereocenters. The molecule has 1 aliphatic rings. The Labute approximate surface area is 189 Å². The van der Waals surface area contributed by atoms with Gasteiger partial charge in [0.2, 0.25) is 0 Å². The van der Waals surface area contributed by atoms with Crippen molar-refractivity contribution >= 4 is 16.9 Å². The second kappa shape index (κ2) is 9.03. The van der Waals surface area contributed by atoms with Crippen molar-refractivity contribution in [3.63, 3.8) is 0 Å². The fourth-order valence-corrected chi connectivity index (χ4v) is 3.96. The van der Waals surface area contributed by atoms with E-state index >= 15 is 0 Å². The second-order valence-corrected chi connectivity index (χ2v) is 8.47. The van der Waals surface area contributed by atoms with Gasteiger partial charge in [-0.1, -0.05) is 12.1 Å². The van der Waals surface area contributed by atoms with Crippen LogP contribution >= 0.6 is 0 Å². The summed E-state index contributed by atoms with van der Waals surface area (Å²) in [5, 5.41) is 17.8. The summed E-state index contributed by atoms with van der Waals surface area (Å²) in [6.07, 6.45) is 1.17. The van der Waals surface area contributed by atoms with Crippen LogP contribution in [0.4, 0.5) is 8.78 Å². The van der Waals surface area contributed by atoms with E-state index in [9.17, 15) is 18.7 Å². The second-order valence-electron chi connectivity index (χ2n) is 8.47. The number of ether oxygens (including phenoxy) is 2. The highest BCUT2D eigenvalue weighted by molar-refractivity contribution is 5.99. The Kier molecular flexibility index (Phi) is 6.31. The van der Waals surface area contributed by atoms with Crippen molar-refractivity contribution < 1.29 is 28.2 Å². The Bertz CT molecular complexity index is 1160. The summed E-state index contributed by atoms with van der Waals surface area (Å²) in [7, 11) is 0. The van der Waals surface area contributed by atoms with Gasteiger partial charge in [0.05, 0.1) is 29.3 Å². The maximum absolute atomic E-state index is 13.0. The molecule has 0 saturated carbocycles. The number of pyridine rings is 1. The van der Waals surface area contributed by atoms with Gasteiger partial charge in [0.1, 0.15) is 17.0 Å². The molecule has 1 aliphatic heterocycles. The zero-order chi connectivity index (χ0) is 23.8. The number of alkyl halides is 2. The number of hydrogen-bond acceptors (Lipinski definition) is 6. The van der Waals surface area contributed by atoms with Gasteiger partial charge in [-0.2, -0.15) is 13.9 Å².